The number of nitrogens with zero attached hydrogens (tertiary/aromatic N) is 2. The van der Waals surface area contributed by atoms with Gasteiger partial charge in [-0.1, -0.05) is 6.07 Å². The van der Waals surface area contributed by atoms with Crippen LogP contribution in [0.4, 0.5) is 4.79 Å². The molecule has 1 N–H and O–H groups in total. The van der Waals surface area contributed by atoms with Crippen molar-refractivity contribution in [1.82, 2.24) is 14.8 Å². The summed E-state index contributed by atoms with van der Waals surface area (Å²) in [4.78, 5) is 26.1. The molecule has 2 aliphatic rings. The minimum absolute atomic E-state index is 0.0308. The van der Waals surface area contributed by atoms with Crippen LogP contribution in [-0.2, 0) is 11.3 Å². The van der Waals surface area contributed by atoms with Gasteiger partial charge in [-0.3, -0.25) is 4.79 Å². The zero-order valence-electron chi connectivity index (χ0n) is 14.4. The van der Waals surface area contributed by atoms with Gasteiger partial charge in [0.25, 0.3) is 5.56 Å². The Labute approximate surface area is 142 Å². The minimum Gasteiger partial charge on any atom is -0.377 e. The Morgan fingerprint density at radius 1 is 1.33 bits per heavy atom. The minimum atomic E-state index is 0.0308. The van der Waals surface area contributed by atoms with Crippen LogP contribution in [0.1, 0.15) is 31.4 Å². The number of hydrogen-bond donors (Lipinski definition) is 1. The van der Waals surface area contributed by atoms with E-state index in [4.69, 9.17) is 4.74 Å². The molecule has 1 saturated heterocycles. The fourth-order valence-corrected chi connectivity index (χ4v) is 3.35. The lowest BCUT2D eigenvalue weighted by Gasteiger charge is -2.35. The van der Waals surface area contributed by atoms with Crippen molar-refractivity contribution in [3.63, 3.8) is 0 Å². The Morgan fingerprint density at radius 3 is 2.92 bits per heavy atom. The summed E-state index contributed by atoms with van der Waals surface area (Å²) in [5.41, 5.74) is 1.02. The molecule has 6 heteroatoms. The molecule has 1 atom stereocenters. The third-order valence-electron chi connectivity index (χ3n) is 4.95. The van der Waals surface area contributed by atoms with Gasteiger partial charge in [0.05, 0.1) is 19.3 Å². The topological polar surface area (TPSA) is 63.6 Å². The van der Waals surface area contributed by atoms with E-state index in [1.54, 1.807) is 16.7 Å². The van der Waals surface area contributed by atoms with E-state index < -0.39 is 0 Å². The largest absolute Gasteiger partial charge is 0.377 e. The molecule has 0 bridgehead atoms. The third kappa shape index (κ3) is 4.17. The summed E-state index contributed by atoms with van der Waals surface area (Å²) >= 11 is 0. The molecule has 2 amide bonds. The Bertz CT molecular complexity index is 624. The predicted molar refractivity (Wildman–Crippen MR) is 92.1 cm³/mol. The highest BCUT2D eigenvalue weighted by atomic mass is 16.5. The van der Waals surface area contributed by atoms with Crippen LogP contribution in [0.2, 0.25) is 0 Å². The van der Waals surface area contributed by atoms with Gasteiger partial charge in [-0.25, -0.2) is 4.79 Å². The predicted octanol–water partition coefficient (Wildman–Crippen LogP) is 1.76. The lowest BCUT2D eigenvalue weighted by Crippen LogP contribution is -2.53. The fourth-order valence-electron chi connectivity index (χ4n) is 3.35. The average molecular weight is 333 g/mol. The second kappa shape index (κ2) is 7.83. The standard InChI is InChI=1S/C18H27N3O3/c1-14-5-4-6-17(22)20(14)10-3-2-9-19-18(23)21-11-12-24-13-16(21)15-7-8-15/h4-6,15-16H,2-3,7-13H2,1H3,(H,19,23)/t16-/m0/s1. The number of rotatable bonds is 6. The quantitative estimate of drug-likeness (QED) is 0.807. The zero-order valence-corrected chi connectivity index (χ0v) is 14.4. The number of unbranched alkanes of at least 4 members (excludes halogenated alkanes) is 1. The lowest BCUT2D eigenvalue weighted by molar-refractivity contribution is 0.00473. The Hall–Kier alpha value is -1.82. The molecule has 1 aromatic heterocycles. The maximum Gasteiger partial charge on any atom is 0.317 e. The van der Waals surface area contributed by atoms with Crippen molar-refractivity contribution in [2.75, 3.05) is 26.3 Å². The molecule has 0 unspecified atom stereocenters. The Morgan fingerprint density at radius 2 is 2.17 bits per heavy atom. The number of aryl methyl sites for hydroxylation is 1. The highest BCUT2D eigenvalue weighted by Gasteiger charge is 2.39. The molecule has 0 radical (unpaired) electrons. The highest BCUT2D eigenvalue weighted by Crippen LogP contribution is 2.36. The molecular formula is C18H27N3O3. The van der Waals surface area contributed by atoms with Gasteiger partial charge in [0.2, 0.25) is 0 Å². The summed E-state index contributed by atoms with van der Waals surface area (Å²) in [6, 6.07) is 5.60. The summed E-state index contributed by atoms with van der Waals surface area (Å²) in [6.45, 7) is 5.28. The number of carbonyl (C=O) groups is 1. The molecule has 1 aromatic rings. The number of hydrogen-bond acceptors (Lipinski definition) is 3. The van der Waals surface area contributed by atoms with Crippen LogP contribution in [0, 0.1) is 12.8 Å². The van der Waals surface area contributed by atoms with Crippen LogP contribution in [-0.4, -0.2) is 47.8 Å². The lowest BCUT2D eigenvalue weighted by atomic mass is 10.1. The van der Waals surface area contributed by atoms with Crippen LogP contribution in [0.25, 0.3) is 0 Å². The molecule has 0 aromatic carbocycles. The molecule has 1 saturated carbocycles. The maximum atomic E-state index is 12.4. The number of amides is 2. The van der Waals surface area contributed by atoms with Crippen molar-refractivity contribution in [3.05, 3.63) is 34.2 Å². The van der Waals surface area contributed by atoms with E-state index in [2.05, 4.69) is 5.32 Å². The van der Waals surface area contributed by atoms with Gasteiger partial charge in [0.15, 0.2) is 0 Å². The first kappa shape index (κ1) is 17.0. The zero-order chi connectivity index (χ0) is 16.9. The van der Waals surface area contributed by atoms with Crippen LogP contribution < -0.4 is 10.9 Å². The van der Waals surface area contributed by atoms with Crippen molar-refractivity contribution in [3.8, 4) is 0 Å². The monoisotopic (exact) mass is 333 g/mol. The van der Waals surface area contributed by atoms with Crippen molar-refractivity contribution >= 4 is 6.03 Å². The number of carbonyl (C=O) groups excluding carboxylic acids is 1. The second-order valence-electron chi connectivity index (χ2n) is 6.77. The van der Waals surface area contributed by atoms with Gasteiger partial charge in [-0.2, -0.15) is 0 Å². The van der Waals surface area contributed by atoms with E-state index in [1.807, 2.05) is 17.9 Å². The van der Waals surface area contributed by atoms with Crippen molar-refractivity contribution < 1.29 is 9.53 Å². The number of ether oxygens (including phenoxy) is 1. The Kier molecular flexibility index (Phi) is 5.56. The normalized spacial score (nSPS) is 20.9. The van der Waals surface area contributed by atoms with E-state index in [1.165, 1.54) is 12.8 Å². The van der Waals surface area contributed by atoms with Gasteiger partial charge >= 0.3 is 6.03 Å². The third-order valence-corrected chi connectivity index (χ3v) is 4.95. The molecule has 1 aliphatic heterocycles. The van der Waals surface area contributed by atoms with E-state index in [0.717, 1.165) is 18.5 Å². The first-order valence-corrected chi connectivity index (χ1v) is 8.95. The molecular weight excluding hydrogens is 306 g/mol. The summed E-state index contributed by atoms with van der Waals surface area (Å²) in [5.74, 6) is 0.629. The molecule has 132 valence electrons. The van der Waals surface area contributed by atoms with Crippen LogP contribution in [0.15, 0.2) is 23.0 Å². The van der Waals surface area contributed by atoms with E-state index in [9.17, 15) is 9.59 Å². The second-order valence-corrected chi connectivity index (χ2v) is 6.77. The van der Waals surface area contributed by atoms with Gasteiger partial charge in [0.1, 0.15) is 0 Å². The molecule has 2 fully saturated rings. The molecule has 2 heterocycles. The average Bonchev–Trinajstić information content (AvgIpc) is 3.41. The van der Waals surface area contributed by atoms with Gasteiger partial charge in [-0.05, 0) is 44.6 Å². The van der Waals surface area contributed by atoms with Crippen molar-refractivity contribution in [2.24, 2.45) is 5.92 Å². The summed E-state index contributed by atoms with van der Waals surface area (Å²) in [6.07, 6.45) is 4.16. The molecule has 3 rings (SSSR count). The molecule has 0 spiro atoms. The number of morpholine rings is 1. The summed E-state index contributed by atoms with van der Waals surface area (Å²) in [7, 11) is 0. The van der Waals surface area contributed by atoms with Gasteiger partial charge < -0.3 is 19.5 Å². The first-order valence-electron chi connectivity index (χ1n) is 8.95. The van der Waals surface area contributed by atoms with E-state index >= 15 is 0 Å². The number of nitrogens with one attached hydrogen (secondary N) is 1. The molecule has 6 nitrogen and oxygen atoms in total. The number of pyridine rings is 1. The maximum absolute atomic E-state index is 12.4. The van der Waals surface area contributed by atoms with Gasteiger partial charge in [0, 0.05) is 31.4 Å². The van der Waals surface area contributed by atoms with E-state index in [-0.39, 0.29) is 17.6 Å². The first-order chi connectivity index (χ1) is 11.7. The molecule has 1 aliphatic carbocycles. The summed E-state index contributed by atoms with van der Waals surface area (Å²) < 4.78 is 7.31. The molecule has 24 heavy (non-hydrogen) atoms. The fraction of sp³-hybridized carbons (Fsp3) is 0.667. The van der Waals surface area contributed by atoms with E-state index in [0.29, 0.717) is 38.8 Å². The number of urea groups is 1. The SMILES string of the molecule is Cc1cccc(=O)n1CCCCNC(=O)N1CCOC[C@H]1C1CC1. The van der Waals surface area contributed by atoms with Crippen LogP contribution in [0.3, 0.4) is 0 Å². The van der Waals surface area contributed by atoms with Crippen LogP contribution >= 0.6 is 0 Å². The highest BCUT2D eigenvalue weighted by molar-refractivity contribution is 5.74. The van der Waals surface area contributed by atoms with Crippen LogP contribution in [0.5, 0.6) is 0 Å². The van der Waals surface area contributed by atoms with Gasteiger partial charge in [-0.15, -0.1) is 0 Å². The Balaban J connectivity index is 1.40. The smallest absolute Gasteiger partial charge is 0.317 e. The summed E-state index contributed by atoms with van der Waals surface area (Å²) in [5, 5.41) is 3.02. The van der Waals surface area contributed by atoms with Crippen molar-refractivity contribution in [1.29, 1.82) is 0 Å². The van der Waals surface area contributed by atoms with Crippen molar-refractivity contribution in [2.45, 2.75) is 45.2 Å². The number of aromatic nitrogens is 1.